The third-order valence-electron chi connectivity index (χ3n) is 4.99. The Labute approximate surface area is 208 Å². The van der Waals surface area contributed by atoms with Crippen molar-refractivity contribution in [2.24, 2.45) is 4.99 Å². The van der Waals surface area contributed by atoms with E-state index in [0.717, 1.165) is 29.6 Å². The van der Waals surface area contributed by atoms with Crippen molar-refractivity contribution in [3.63, 3.8) is 0 Å². The van der Waals surface area contributed by atoms with Gasteiger partial charge in [0.25, 0.3) is 0 Å². The topological polar surface area (TPSA) is 58.1 Å². The predicted molar refractivity (Wildman–Crippen MR) is 143 cm³/mol. The van der Waals surface area contributed by atoms with Crippen LogP contribution in [0.25, 0.3) is 0 Å². The molecule has 0 saturated heterocycles. The fourth-order valence-corrected chi connectivity index (χ4v) is 3.96. The molecule has 0 saturated carbocycles. The predicted octanol–water partition coefficient (Wildman–Crippen LogP) is 4.32. The minimum atomic E-state index is 0. The average molecular weight is 559 g/mol. The lowest BCUT2D eigenvalue weighted by Gasteiger charge is -2.26. The van der Waals surface area contributed by atoms with Crippen molar-refractivity contribution in [2.45, 2.75) is 24.4 Å². The Morgan fingerprint density at radius 1 is 1.06 bits per heavy atom. The molecule has 0 aromatic heterocycles. The lowest BCUT2D eigenvalue weighted by Crippen LogP contribution is -2.41. The maximum absolute atomic E-state index is 5.47. The van der Waals surface area contributed by atoms with Gasteiger partial charge in [-0.15, -0.1) is 35.7 Å². The molecule has 8 heteroatoms. The molecule has 2 aromatic rings. The lowest BCUT2D eigenvalue weighted by atomic mass is 10.1. The van der Waals surface area contributed by atoms with Gasteiger partial charge in [-0.1, -0.05) is 18.2 Å². The number of nitrogens with zero attached hydrogens (tertiary/aromatic N) is 2. The Kier molecular flexibility index (Phi) is 12.1. The number of hydrogen-bond acceptors (Lipinski definition) is 5. The van der Waals surface area contributed by atoms with Gasteiger partial charge in [0.2, 0.25) is 0 Å². The molecule has 0 heterocycles. The molecule has 2 N–H and O–H groups in total. The van der Waals surface area contributed by atoms with E-state index < -0.39 is 0 Å². The fourth-order valence-electron chi connectivity index (χ4n) is 3.25. The maximum Gasteiger partial charge on any atom is 0.191 e. The molecule has 0 amide bonds. The quantitative estimate of drug-likeness (QED) is 0.207. The molecular weight excluding hydrogens is 523 g/mol. The number of hydrogen-bond donors (Lipinski definition) is 2. The second-order valence-corrected chi connectivity index (χ2v) is 8.06. The number of benzene rings is 2. The molecular formula is C23H35IN4O2S. The number of halogens is 1. The highest BCUT2D eigenvalue weighted by molar-refractivity contribution is 14.0. The molecule has 172 valence electrons. The molecule has 1 unspecified atom stereocenters. The third-order valence-corrected chi connectivity index (χ3v) is 5.81. The van der Waals surface area contributed by atoms with Crippen LogP contribution in [0.3, 0.4) is 0 Å². The van der Waals surface area contributed by atoms with Crippen molar-refractivity contribution in [3.8, 4) is 11.5 Å². The minimum absolute atomic E-state index is 0. The Hall–Kier alpha value is -1.65. The molecule has 31 heavy (non-hydrogen) atoms. The minimum Gasteiger partial charge on any atom is -0.493 e. The van der Waals surface area contributed by atoms with Crippen molar-refractivity contribution < 1.29 is 9.47 Å². The second-order valence-electron chi connectivity index (χ2n) is 7.22. The largest absolute Gasteiger partial charge is 0.493 e. The standard InChI is InChI=1S/C23H34N4O2S.HI/c1-16-8-9-18(22(12-16)30-7)14-25-23(24-2)26-15-19(27(3)4)17-10-11-20(28-5)21(13-17)29-6;/h8-13,19H,14-15H2,1-7H3,(H2,24,25,26);1H. The van der Waals surface area contributed by atoms with Crippen molar-refractivity contribution in [3.05, 3.63) is 53.1 Å². The summed E-state index contributed by atoms with van der Waals surface area (Å²) in [4.78, 5) is 7.85. The van der Waals surface area contributed by atoms with Gasteiger partial charge in [-0.2, -0.15) is 0 Å². The lowest BCUT2D eigenvalue weighted by molar-refractivity contribution is 0.295. The summed E-state index contributed by atoms with van der Waals surface area (Å²) in [6.45, 7) is 3.54. The normalized spacial score (nSPS) is 12.2. The van der Waals surface area contributed by atoms with E-state index in [1.54, 1.807) is 33.0 Å². The van der Waals surface area contributed by atoms with Crippen LogP contribution in [0.5, 0.6) is 11.5 Å². The first kappa shape index (κ1) is 27.4. The summed E-state index contributed by atoms with van der Waals surface area (Å²) < 4.78 is 10.8. The fraction of sp³-hybridized carbons (Fsp3) is 0.435. The van der Waals surface area contributed by atoms with E-state index in [0.29, 0.717) is 6.54 Å². The Morgan fingerprint density at radius 2 is 1.77 bits per heavy atom. The Morgan fingerprint density at radius 3 is 2.35 bits per heavy atom. The van der Waals surface area contributed by atoms with E-state index in [4.69, 9.17) is 9.47 Å². The van der Waals surface area contributed by atoms with Crippen LogP contribution in [0.15, 0.2) is 46.3 Å². The molecule has 6 nitrogen and oxygen atoms in total. The van der Waals surface area contributed by atoms with Crippen molar-refractivity contribution >= 4 is 41.7 Å². The van der Waals surface area contributed by atoms with Gasteiger partial charge in [0.15, 0.2) is 17.5 Å². The van der Waals surface area contributed by atoms with Crippen LogP contribution in [-0.2, 0) is 6.54 Å². The van der Waals surface area contributed by atoms with Gasteiger partial charge in [0.1, 0.15) is 0 Å². The number of thioether (sulfide) groups is 1. The molecule has 0 radical (unpaired) electrons. The highest BCUT2D eigenvalue weighted by atomic mass is 127. The summed E-state index contributed by atoms with van der Waals surface area (Å²) >= 11 is 1.77. The number of methoxy groups -OCH3 is 2. The van der Waals surface area contributed by atoms with Crippen LogP contribution in [0.4, 0.5) is 0 Å². The molecule has 0 aliphatic heterocycles. The zero-order valence-corrected chi connectivity index (χ0v) is 22.6. The number of likely N-dealkylation sites (N-methyl/N-ethyl adjacent to an activating group) is 1. The van der Waals surface area contributed by atoms with E-state index in [2.05, 4.69) is 72.1 Å². The zero-order valence-electron chi connectivity index (χ0n) is 19.5. The van der Waals surface area contributed by atoms with E-state index >= 15 is 0 Å². The van der Waals surface area contributed by atoms with Gasteiger partial charge >= 0.3 is 0 Å². The number of aliphatic imine (C=N–C) groups is 1. The Balaban J connectivity index is 0.00000480. The maximum atomic E-state index is 5.47. The monoisotopic (exact) mass is 558 g/mol. The van der Waals surface area contributed by atoms with Gasteiger partial charge in [-0.25, -0.2) is 0 Å². The summed E-state index contributed by atoms with van der Waals surface area (Å²) in [5, 5.41) is 6.88. The molecule has 0 aliphatic rings. The molecule has 2 rings (SSSR count). The van der Waals surface area contributed by atoms with E-state index in [9.17, 15) is 0 Å². The first-order valence-electron chi connectivity index (χ1n) is 9.89. The van der Waals surface area contributed by atoms with Crippen molar-refractivity contribution in [1.29, 1.82) is 0 Å². The molecule has 0 aliphatic carbocycles. The van der Waals surface area contributed by atoms with Crippen molar-refractivity contribution in [2.75, 3.05) is 48.2 Å². The highest BCUT2D eigenvalue weighted by Crippen LogP contribution is 2.31. The number of rotatable bonds is 9. The summed E-state index contributed by atoms with van der Waals surface area (Å²) in [7, 11) is 9.23. The highest BCUT2D eigenvalue weighted by Gasteiger charge is 2.17. The molecule has 2 aromatic carbocycles. The number of ether oxygens (including phenoxy) is 2. The zero-order chi connectivity index (χ0) is 22.1. The smallest absolute Gasteiger partial charge is 0.191 e. The van der Waals surface area contributed by atoms with Crippen LogP contribution < -0.4 is 20.1 Å². The first-order valence-corrected chi connectivity index (χ1v) is 11.1. The number of aryl methyl sites for hydroxylation is 1. The van der Waals surface area contributed by atoms with Crippen LogP contribution in [0, 0.1) is 6.92 Å². The van der Waals surface area contributed by atoms with Gasteiger partial charge in [-0.3, -0.25) is 4.99 Å². The van der Waals surface area contributed by atoms with Gasteiger partial charge in [-0.05, 0) is 62.2 Å². The van der Waals surface area contributed by atoms with E-state index in [1.807, 2.05) is 12.1 Å². The molecule has 1 atom stereocenters. The summed E-state index contributed by atoms with van der Waals surface area (Å²) in [6, 6.07) is 12.7. The van der Waals surface area contributed by atoms with Crippen LogP contribution in [0.1, 0.15) is 22.7 Å². The van der Waals surface area contributed by atoms with Crippen LogP contribution >= 0.6 is 35.7 Å². The van der Waals surface area contributed by atoms with Gasteiger partial charge in [0, 0.05) is 25.0 Å². The SMILES string of the molecule is CN=C(NCc1ccc(C)cc1SC)NCC(c1ccc(OC)c(OC)c1)N(C)C.I. The number of guanidine groups is 1. The molecule has 0 fully saturated rings. The summed E-state index contributed by atoms with van der Waals surface area (Å²) in [5.41, 5.74) is 3.68. The van der Waals surface area contributed by atoms with Crippen molar-refractivity contribution in [1.82, 2.24) is 15.5 Å². The van der Waals surface area contributed by atoms with Gasteiger partial charge in [0.05, 0.1) is 20.3 Å². The summed E-state index contributed by atoms with van der Waals surface area (Å²) in [5.74, 6) is 2.23. The second kappa shape index (κ2) is 13.7. The molecule has 0 bridgehead atoms. The average Bonchev–Trinajstić information content (AvgIpc) is 2.76. The van der Waals surface area contributed by atoms with Crippen LogP contribution in [-0.4, -0.2) is 59.0 Å². The summed E-state index contributed by atoms with van der Waals surface area (Å²) in [6.07, 6.45) is 2.11. The van der Waals surface area contributed by atoms with E-state index in [-0.39, 0.29) is 30.0 Å². The number of nitrogens with one attached hydrogen (secondary N) is 2. The van der Waals surface area contributed by atoms with Gasteiger partial charge < -0.3 is 25.0 Å². The first-order chi connectivity index (χ1) is 14.4. The Bertz CT molecular complexity index is 861. The van der Waals surface area contributed by atoms with E-state index in [1.165, 1.54) is 16.0 Å². The molecule has 0 spiro atoms. The van der Waals surface area contributed by atoms with Crippen LogP contribution in [0.2, 0.25) is 0 Å². The third kappa shape index (κ3) is 7.76.